The van der Waals surface area contributed by atoms with E-state index in [1.54, 1.807) is 36.4 Å². The summed E-state index contributed by atoms with van der Waals surface area (Å²) in [6, 6.07) is 13.1. The SMILES string of the molecule is CC(C)CC(NC(=O)c1ccc(Cl)cc1)C(=O)Nc1ccc(-c2ncn[nH]2)cc1. The van der Waals surface area contributed by atoms with Crippen molar-refractivity contribution < 1.29 is 9.59 Å². The van der Waals surface area contributed by atoms with Gasteiger partial charge in [-0.1, -0.05) is 25.4 Å². The Balaban J connectivity index is 1.68. The van der Waals surface area contributed by atoms with Crippen LogP contribution in [-0.4, -0.2) is 33.0 Å². The molecule has 29 heavy (non-hydrogen) atoms. The van der Waals surface area contributed by atoms with E-state index in [4.69, 9.17) is 11.6 Å². The van der Waals surface area contributed by atoms with Crippen molar-refractivity contribution >= 4 is 29.1 Å². The summed E-state index contributed by atoms with van der Waals surface area (Å²) in [7, 11) is 0. The number of hydrogen-bond donors (Lipinski definition) is 3. The standard InChI is InChI=1S/C21H22ClN5O2/c1-13(2)11-18(26-20(28)15-3-7-16(22)8-4-15)21(29)25-17-9-5-14(6-10-17)19-23-12-24-27-19/h3-10,12-13,18H,11H2,1-2H3,(H,25,29)(H,26,28)(H,23,24,27). The van der Waals surface area contributed by atoms with Crippen molar-refractivity contribution in [2.24, 2.45) is 5.92 Å². The third-order valence-corrected chi connectivity index (χ3v) is 4.53. The first kappa shape index (κ1) is 20.5. The number of hydrogen-bond acceptors (Lipinski definition) is 4. The molecule has 0 aliphatic carbocycles. The van der Waals surface area contributed by atoms with E-state index in [0.717, 1.165) is 5.56 Å². The summed E-state index contributed by atoms with van der Waals surface area (Å²) in [6.45, 7) is 4.00. The fourth-order valence-electron chi connectivity index (χ4n) is 2.83. The lowest BCUT2D eigenvalue weighted by atomic mass is 10.0. The smallest absolute Gasteiger partial charge is 0.251 e. The zero-order chi connectivity index (χ0) is 20.8. The number of rotatable bonds is 7. The van der Waals surface area contributed by atoms with Crippen LogP contribution in [0.3, 0.4) is 0 Å². The zero-order valence-electron chi connectivity index (χ0n) is 16.1. The molecule has 0 bridgehead atoms. The average molecular weight is 412 g/mol. The second-order valence-electron chi connectivity index (χ2n) is 7.06. The highest BCUT2D eigenvalue weighted by molar-refractivity contribution is 6.30. The average Bonchev–Trinajstić information content (AvgIpc) is 3.23. The number of benzene rings is 2. The van der Waals surface area contributed by atoms with Gasteiger partial charge in [0, 0.05) is 21.8 Å². The van der Waals surface area contributed by atoms with E-state index >= 15 is 0 Å². The van der Waals surface area contributed by atoms with Crippen LogP contribution in [0.4, 0.5) is 5.69 Å². The highest BCUT2D eigenvalue weighted by Crippen LogP contribution is 2.18. The number of carbonyl (C=O) groups excluding carboxylic acids is 2. The summed E-state index contributed by atoms with van der Waals surface area (Å²) < 4.78 is 0. The zero-order valence-corrected chi connectivity index (χ0v) is 16.9. The summed E-state index contributed by atoms with van der Waals surface area (Å²) >= 11 is 5.87. The van der Waals surface area contributed by atoms with Crippen molar-refractivity contribution in [3.8, 4) is 11.4 Å². The van der Waals surface area contributed by atoms with Crippen LogP contribution in [0.2, 0.25) is 5.02 Å². The monoisotopic (exact) mass is 411 g/mol. The Morgan fingerprint density at radius 2 is 1.76 bits per heavy atom. The summed E-state index contributed by atoms with van der Waals surface area (Å²) in [5.41, 5.74) is 1.94. The van der Waals surface area contributed by atoms with E-state index in [1.807, 2.05) is 26.0 Å². The molecule has 1 unspecified atom stereocenters. The van der Waals surface area contributed by atoms with Gasteiger partial charge in [0.15, 0.2) is 5.82 Å². The van der Waals surface area contributed by atoms with Gasteiger partial charge in [-0.05, 0) is 60.9 Å². The maximum absolute atomic E-state index is 12.8. The molecule has 1 heterocycles. The molecule has 0 saturated carbocycles. The van der Waals surface area contributed by atoms with Gasteiger partial charge in [0.05, 0.1) is 0 Å². The molecule has 7 nitrogen and oxygen atoms in total. The van der Waals surface area contributed by atoms with E-state index in [9.17, 15) is 9.59 Å². The van der Waals surface area contributed by atoms with Gasteiger partial charge in [0.25, 0.3) is 5.91 Å². The lowest BCUT2D eigenvalue weighted by molar-refractivity contribution is -0.118. The number of halogens is 1. The first-order valence-electron chi connectivity index (χ1n) is 9.25. The lowest BCUT2D eigenvalue weighted by Crippen LogP contribution is -2.44. The minimum absolute atomic E-state index is 0.227. The molecule has 1 aromatic heterocycles. The highest BCUT2D eigenvalue weighted by atomic mass is 35.5. The predicted molar refractivity (Wildman–Crippen MR) is 113 cm³/mol. The lowest BCUT2D eigenvalue weighted by Gasteiger charge is -2.20. The Labute approximate surface area is 173 Å². The summed E-state index contributed by atoms with van der Waals surface area (Å²) in [6.07, 6.45) is 1.95. The van der Waals surface area contributed by atoms with Crippen LogP contribution in [-0.2, 0) is 4.79 Å². The van der Waals surface area contributed by atoms with E-state index in [0.29, 0.717) is 28.5 Å². The second kappa shape index (κ2) is 9.34. The van der Waals surface area contributed by atoms with E-state index in [2.05, 4.69) is 25.8 Å². The number of aromatic nitrogens is 3. The van der Waals surface area contributed by atoms with Crippen molar-refractivity contribution in [3.05, 3.63) is 65.4 Å². The molecule has 0 saturated heterocycles. The number of carbonyl (C=O) groups is 2. The number of anilines is 1. The van der Waals surface area contributed by atoms with Gasteiger partial charge in [0.2, 0.25) is 5.91 Å². The van der Waals surface area contributed by atoms with E-state index < -0.39 is 6.04 Å². The van der Waals surface area contributed by atoms with Gasteiger partial charge in [-0.3, -0.25) is 14.7 Å². The van der Waals surface area contributed by atoms with Crippen molar-refractivity contribution in [1.82, 2.24) is 20.5 Å². The molecule has 0 aliphatic heterocycles. The first-order chi connectivity index (χ1) is 13.9. The highest BCUT2D eigenvalue weighted by Gasteiger charge is 2.22. The normalized spacial score (nSPS) is 11.9. The molecule has 2 aromatic carbocycles. The van der Waals surface area contributed by atoms with Gasteiger partial charge in [0.1, 0.15) is 12.4 Å². The van der Waals surface area contributed by atoms with Crippen molar-refractivity contribution in [2.45, 2.75) is 26.3 Å². The van der Waals surface area contributed by atoms with Crippen LogP contribution >= 0.6 is 11.6 Å². The topological polar surface area (TPSA) is 99.8 Å². The fraction of sp³-hybridized carbons (Fsp3) is 0.238. The largest absolute Gasteiger partial charge is 0.340 e. The van der Waals surface area contributed by atoms with Crippen LogP contribution in [0.25, 0.3) is 11.4 Å². The van der Waals surface area contributed by atoms with Gasteiger partial charge >= 0.3 is 0 Å². The molecule has 2 amide bonds. The minimum Gasteiger partial charge on any atom is -0.340 e. The van der Waals surface area contributed by atoms with E-state index in [-0.39, 0.29) is 17.7 Å². The Morgan fingerprint density at radius 1 is 1.07 bits per heavy atom. The van der Waals surface area contributed by atoms with Crippen LogP contribution < -0.4 is 10.6 Å². The van der Waals surface area contributed by atoms with Crippen molar-refractivity contribution in [3.63, 3.8) is 0 Å². The molecule has 0 radical (unpaired) electrons. The number of nitrogens with one attached hydrogen (secondary N) is 3. The summed E-state index contributed by atoms with van der Waals surface area (Å²) in [5.74, 6) is 0.289. The Hall–Kier alpha value is -3.19. The number of nitrogens with zero attached hydrogens (tertiary/aromatic N) is 2. The molecule has 1 atom stereocenters. The summed E-state index contributed by atoms with van der Waals surface area (Å²) in [5, 5.41) is 12.8. The third-order valence-electron chi connectivity index (χ3n) is 4.28. The number of H-pyrrole nitrogens is 1. The van der Waals surface area contributed by atoms with Gasteiger partial charge in [-0.25, -0.2) is 4.98 Å². The molecule has 3 N–H and O–H groups in total. The third kappa shape index (κ3) is 5.65. The molecule has 0 spiro atoms. The maximum Gasteiger partial charge on any atom is 0.251 e. The van der Waals surface area contributed by atoms with Crippen molar-refractivity contribution in [1.29, 1.82) is 0 Å². The van der Waals surface area contributed by atoms with Crippen LogP contribution in [0.1, 0.15) is 30.6 Å². The van der Waals surface area contributed by atoms with Gasteiger partial charge in [-0.15, -0.1) is 0 Å². The molecule has 8 heteroatoms. The van der Waals surface area contributed by atoms with E-state index in [1.165, 1.54) is 6.33 Å². The number of amides is 2. The molecule has 3 aromatic rings. The Kier molecular flexibility index (Phi) is 6.61. The van der Waals surface area contributed by atoms with Crippen LogP contribution in [0.5, 0.6) is 0 Å². The first-order valence-corrected chi connectivity index (χ1v) is 9.63. The van der Waals surface area contributed by atoms with Crippen LogP contribution in [0, 0.1) is 5.92 Å². The fourth-order valence-corrected chi connectivity index (χ4v) is 2.96. The predicted octanol–water partition coefficient (Wildman–Crippen LogP) is 3.91. The molecular weight excluding hydrogens is 390 g/mol. The minimum atomic E-state index is -0.660. The Morgan fingerprint density at radius 3 is 2.34 bits per heavy atom. The molecule has 0 aliphatic rings. The second-order valence-corrected chi connectivity index (χ2v) is 7.50. The molecule has 0 fully saturated rings. The Bertz CT molecular complexity index is 954. The van der Waals surface area contributed by atoms with Gasteiger partial charge in [-0.2, -0.15) is 5.10 Å². The van der Waals surface area contributed by atoms with Crippen molar-refractivity contribution in [2.75, 3.05) is 5.32 Å². The van der Waals surface area contributed by atoms with Gasteiger partial charge < -0.3 is 10.6 Å². The summed E-state index contributed by atoms with van der Waals surface area (Å²) in [4.78, 5) is 29.4. The molecular formula is C21H22ClN5O2. The quantitative estimate of drug-likeness (QED) is 0.548. The molecule has 150 valence electrons. The van der Waals surface area contributed by atoms with Crippen LogP contribution in [0.15, 0.2) is 54.9 Å². The maximum atomic E-state index is 12.8. The number of aromatic amines is 1. The molecule has 3 rings (SSSR count).